The van der Waals surface area contributed by atoms with E-state index in [1.54, 1.807) is 18.2 Å². The van der Waals surface area contributed by atoms with Crippen molar-refractivity contribution in [2.75, 3.05) is 17.7 Å². The standard InChI is InChI=1S/C19H14F3N3O4S/c1-28-17(27)13-4-2-3-5-14(13)24-16(26)15-10-30-18(25-15)23-11-6-8-12(9-7-11)29-19(20,21)22/h2-10H,1H3,(H,23,25)(H,24,26). The quantitative estimate of drug-likeness (QED) is 0.538. The van der Waals surface area contributed by atoms with Gasteiger partial charge in [0.25, 0.3) is 5.91 Å². The van der Waals surface area contributed by atoms with Crippen LogP contribution in [0.25, 0.3) is 0 Å². The number of para-hydroxylation sites is 1. The molecule has 30 heavy (non-hydrogen) atoms. The minimum Gasteiger partial charge on any atom is -0.465 e. The fourth-order valence-corrected chi connectivity index (χ4v) is 3.08. The highest BCUT2D eigenvalue weighted by molar-refractivity contribution is 7.14. The molecule has 1 amide bonds. The molecule has 1 aromatic heterocycles. The molecule has 0 radical (unpaired) electrons. The first-order valence-corrected chi connectivity index (χ1v) is 9.20. The number of anilines is 3. The number of hydrogen-bond donors (Lipinski definition) is 2. The van der Waals surface area contributed by atoms with Crippen molar-refractivity contribution >= 4 is 39.7 Å². The number of esters is 1. The van der Waals surface area contributed by atoms with Crippen LogP contribution in [0.2, 0.25) is 0 Å². The molecule has 0 unspecified atom stereocenters. The van der Waals surface area contributed by atoms with E-state index in [9.17, 15) is 22.8 Å². The first kappa shape index (κ1) is 21.1. The van der Waals surface area contributed by atoms with E-state index in [2.05, 4.69) is 25.1 Å². The van der Waals surface area contributed by atoms with Crippen LogP contribution < -0.4 is 15.4 Å². The lowest BCUT2D eigenvalue weighted by Crippen LogP contribution is -2.17. The molecule has 0 aliphatic heterocycles. The third-order valence-corrected chi connectivity index (χ3v) is 4.41. The molecule has 0 aliphatic rings. The van der Waals surface area contributed by atoms with Gasteiger partial charge in [-0.3, -0.25) is 4.79 Å². The van der Waals surface area contributed by atoms with Crippen LogP contribution in [0.3, 0.4) is 0 Å². The number of ether oxygens (including phenoxy) is 2. The number of carbonyl (C=O) groups excluding carboxylic acids is 2. The van der Waals surface area contributed by atoms with Gasteiger partial charge in [-0.2, -0.15) is 0 Å². The number of halogens is 3. The summed E-state index contributed by atoms with van der Waals surface area (Å²) < 4.78 is 45.1. The van der Waals surface area contributed by atoms with E-state index in [-0.39, 0.29) is 22.7 Å². The van der Waals surface area contributed by atoms with E-state index in [1.165, 1.54) is 30.7 Å². The average molecular weight is 437 g/mol. The zero-order valence-electron chi connectivity index (χ0n) is 15.3. The van der Waals surface area contributed by atoms with Crippen LogP contribution in [-0.2, 0) is 4.74 Å². The Morgan fingerprint density at radius 2 is 1.77 bits per heavy atom. The Morgan fingerprint density at radius 3 is 2.43 bits per heavy atom. The number of amides is 1. The van der Waals surface area contributed by atoms with E-state index >= 15 is 0 Å². The Labute approximate surface area is 172 Å². The fourth-order valence-electron chi connectivity index (χ4n) is 2.37. The summed E-state index contributed by atoms with van der Waals surface area (Å²) in [5, 5.41) is 7.34. The van der Waals surface area contributed by atoms with Gasteiger partial charge in [0.2, 0.25) is 0 Å². The van der Waals surface area contributed by atoms with Crippen molar-refractivity contribution in [1.82, 2.24) is 4.98 Å². The number of carbonyl (C=O) groups is 2. The highest BCUT2D eigenvalue weighted by Crippen LogP contribution is 2.27. The second kappa shape index (κ2) is 8.82. The van der Waals surface area contributed by atoms with Gasteiger partial charge < -0.3 is 20.1 Å². The molecule has 1 heterocycles. The van der Waals surface area contributed by atoms with Crippen LogP contribution in [0.1, 0.15) is 20.8 Å². The minimum absolute atomic E-state index is 0.0965. The number of methoxy groups -OCH3 is 1. The first-order chi connectivity index (χ1) is 14.2. The SMILES string of the molecule is COC(=O)c1ccccc1NC(=O)c1csc(Nc2ccc(OC(F)(F)F)cc2)n1. The van der Waals surface area contributed by atoms with Crippen LogP contribution in [-0.4, -0.2) is 30.3 Å². The smallest absolute Gasteiger partial charge is 0.465 e. The number of thiazole rings is 1. The van der Waals surface area contributed by atoms with Gasteiger partial charge in [-0.25, -0.2) is 9.78 Å². The zero-order chi connectivity index (χ0) is 21.7. The Hall–Kier alpha value is -3.60. The Morgan fingerprint density at radius 1 is 1.07 bits per heavy atom. The van der Waals surface area contributed by atoms with Crippen molar-refractivity contribution in [3.8, 4) is 5.75 Å². The maximum atomic E-state index is 12.5. The summed E-state index contributed by atoms with van der Waals surface area (Å²) in [4.78, 5) is 28.4. The molecule has 0 atom stereocenters. The molecule has 2 aromatic carbocycles. The van der Waals surface area contributed by atoms with Crippen LogP contribution in [0, 0.1) is 0 Å². The van der Waals surface area contributed by atoms with Crippen LogP contribution in [0.5, 0.6) is 5.75 Å². The second-order valence-electron chi connectivity index (χ2n) is 5.73. The molecule has 156 valence electrons. The summed E-state index contributed by atoms with van der Waals surface area (Å²) in [6, 6.07) is 11.4. The van der Waals surface area contributed by atoms with E-state index in [0.29, 0.717) is 10.8 Å². The third-order valence-electron chi connectivity index (χ3n) is 3.66. The van der Waals surface area contributed by atoms with Crippen molar-refractivity contribution in [2.24, 2.45) is 0 Å². The van der Waals surface area contributed by atoms with Gasteiger partial charge in [0.05, 0.1) is 18.4 Å². The monoisotopic (exact) mass is 437 g/mol. The summed E-state index contributed by atoms with van der Waals surface area (Å²) in [6.45, 7) is 0. The molecule has 0 aliphatic carbocycles. The van der Waals surface area contributed by atoms with Crippen LogP contribution >= 0.6 is 11.3 Å². The van der Waals surface area contributed by atoms with Gasteiger partial charge in [0.15, 0.2) is 5.13 Å². The van der Waals surface area contributed by atoms with Crippen molar-refractivity contribution in [3.05, 3.63) is 65.2 Å². The Bertz CT molecular complexity index is 1050. The third kappa shape index (κ3) is 5.47. The van der Waals surface area contributed by atoms with E-state index in [4.69, 9.17) is 0 Å². The number of aromatic nitrogens is 1. The predicted octanol–water partition coefficient (Wildman–Crippen LogP) is 4.82. The number of benzene rings is 2. The van der Waals surface area contributed by atoms with Gasteiger partial charge in [-0.15, -0.1) is 24.5 Å². The lowest BCUT2D eigenvalue weighted by molar-refractivity contribution is -0.274. The molecule has 11 heteroatoms. The predicted molar refractivity (Wildman–Crippen MR) is 104 cm³/mol. The molecule has 0 saturated carbocycles. The van der Waals surface area contributed by atoms with Crippen molar-refractivity contribution in [2.45, 2.75) is 6.36 Å². The van der Waals surface area contributed by atoms with Gasteiger partial charge in [0.1, 0.15) is 11.4 Å². The Kier molecular flexibility index (Phi) is 6.21. The summed E-state index contributed by atoms with van der Waals surface area (Å²) in [5.41, 5.74) is 1.03. The first-order valence-electron chi connectivity index (χ1n) is 8.32. The van der Waals surface area contributed by atoms with Crippen LogP contribution in [0.15, 0.2) is 53.9 Å². The molecular weight excluding hydrogens is 423 g/mol. The number of nitrogens with zero attached hydrogens (tertiary/aromatic N) is 1. The lowest BCUT2D eigenvalue weighted by Gasteiger charge is -2.09. The van der Waals surface area contributed by atoms with Gasteiger partial charge in [-0.05, 0) is 36.4 Å². The average Bonchev–Trinajstić information content (AvgIpc) is 3.17. The highest BCUT2D eigenvalue weighted by atomic mass is 32.1. The second-order valence-corrected chi connectivity index (χ2v) is 6.58. The zero-order valence-corrected chi connectivity index (χ0v) is 16.1. The largest absolute Gasteiger partial charge is 0.573 e. The number of hydrogen-bond acceptors (Lipinski definition) is 7. The maximum Gasteiger partial charge on any atom is 0.573 e. The molecule has 0 bridgehead atoms. The fraction of sp³-hybridized carbons (Fsp3) is 0.105. The molecule has 2 N–H and O–H groups in total. The Balaban J connectivity index is 1.67. The van der Waals surface area contributed by atoms with E-state index in [1.807, 2.05) is 0 Å². The molecule has 0 fully saturated rings. The van der Waals surface area contributed by atoms with E-state index < -0.39 is 18.2 Å². The normalized spacial score (nSPS) is 10.9. The number of rotatable bonds is 6. The topological polar surface area (TPSA) is 89.5 Å². The van der Waals surface area contributed by atoms with Crippen molar-refractivity contribution in [1.29, 1.82) is 0 Å². The molecule has 0 saturated heterocycles. The summed E-state index contributed by atoms with van der Waals surface area (Å²) in [5.74, 6) is -1.48. The van der Waals surface area contributed by atoms with Gasteiger partial charge in [0, 0.05) is 11.1 Å². The minimum atomic E-state index is -4.76. The lowest BCUT2D eigenvalue weighted by atomic mass is 10.2. The van der Waals surface area contributed by atoms with Crippen LogP contribution in [0.4, 0.5) is 29.7 Å². The molecule has 3 rings (SSSR count). The van der Waals surface area contributed by atoms with E-state index in [0.717, 1.165) is 23.5 Å². The molecule has 7 nitrogen and oxygen atoms in total. The number of alkyl halides is 3. The van der Waals surface area contributed by atoms with Gasteiger partial charge in [-0.1, -0.05) is 12.1 Å². The summed E-state index contributed by atoms with van der Waals surface area (Å²) in [6.07, 6.45) is -4.76. The van der Waals surface area contributed by atoms with Gasteiger partial charge >= 0.3 is 12.3 Å². The molecule has 3 aromatic rings. The molecule has 0 spiro atoms. The molecular formula is C19H14F3N3O4S. The van der Waals surface area contributed by atoms with Crippen molar-refractivity contribution < 1.29 is 32.2 Å². The maximum absolute atomic E-state index is 12.5. The summed E-state index contributed by atoms with van der Waals surface area (Å²) >= 11 is 1.13. The number of nitrogens with one attached hydrogen (secondary N) is 2. The highest BCUT2D eigenvalue weighted by Gasteiger charge is 2.31. The summed E-state index contributed by atoms with van der Waals surface area (Å²) in [7, 11) is 1.24. The van der Waals surface area contributed by atoms with Crippen molar-refractivity contribution in [3.63, 3.8) is 0 Å².